The van der Waals surface area contributed by atoms with Crippen molar-refractivity contribution in [2.75, 3.05) is 5.32 Å². The van der Waals surface area contributed by atoms with Gasteiger partial charge in [-0.2, -0.15) is 0 Å². The van der Waals surface area contributed by atoms with Crippen molar-refractivity contribution in [3.05, 3.63) is 100.0 Å². The van der Waals surface area contributed by atoms with Crippen LogP contribution in [-0.4, -0.2) is 37.8 Å². The molecule has 0 aliphatic rings. The maximum atomic E-state index is 13.5. The molecule has 0 aliphatic carbocycles. The number of aryl methyl sites for hydroxylation is 1. The minimum absolute atomic E-state index is 0.00615. The number of anilines is 1. The Hall–Kier alpha value is -4.37. The van der Waals surface area contributed by atoms with E-state index in [4.69, 9.17) is 16.3 Å². The van der Waals surface area contributed by atoms with Crippen molar-refractivity contribution in [1.29, 1.82) is 0 Å². The summed E-state index contributed by atoms with van der Waals surface area (Å²) in [5, 5.41) is 6.05. The first-order chi connectivity index (χ1) is 19.8. The van der Waals surface area contributed by atoms with Gasteiger partial charge in [-0.15, -0.1) is 0 Å². The summed E-state index contributed by atoms with van der Waals surface area (Å²) < 4.78 is 9.03. The first kappa shape index (κ1) is 30.6. The maximum absolute atomic E-state index is 13.5. The molecule has 4 rings (SSSR count). The van der Waals surface area contributed by atoms with E-state index < -0.39 is 23.6 Å². The molecule has 2 heterocycles. The van der Waals surface area contributed by atoms with Gasteiger partial charge in [-0.3, -0.25) is 9.59 Å². The first-order valence-corrected chi connectivity index (χ1v) is 14.1. The number of hydrogen-bond acceptors (Lipinski definition) is 5. The smallest absolute Gasteiger partial charge is 0.408 e. The van der Waals surface area contributed by atoms with Gasteiger partial charge in [0.1, 0.15) is 17.5 Å². The second-order valence-corrected chi connectivity index (χ2v) is 11.8. The van der Waals surface area contributed by atoms with Gasteiger partial charge in [0, 0.05) is 53.5 Å². The van der Waals surface area contributed by atoms with Crippen LogP contribution in [0.2, 0.25) is 5.02 Å². The van der Waals surface area contributed by atoms with Crippen LogP contribution in [0.15, 0.2) is 78.0 Å². The Bertz CT molecular complexity index is 1630. The zero-order valence-electron chi connectivity index (χ0n) is 24.6. The number of carbonyl (C=O) groups excluding carboxylic acids is 2. The first-order valence-electron chi connectivity index (χ1n) is 13.7. The molecule has 0 saturated heterocycles. The Morgan fingerprint density at radius 3 is 2.33 bits per heavy atom. The Labute approximate surface area is 250 Å². The van der Waals surface area contributed by atoms with Crippen LogP contribution in [0.25, 0.3) is 16.8 Å². The SMILES string of the molecule is Cc1nccn1-c1ccc(NC(=O)C(Cc2cc(-c3ccc(=O)n(C(C)C)c3)ccc2Cl)NC(=O)OC(C)(C)C)cc1. The van der Waals surface area contributed by atoms with Crippen LogP contribution in [0.4, 0.5) is 10.5 Å². The third kappa shape index (κ3) is 7.67. The topological polar surface area (TPSA) is 107 Å². The highest BCUT2D eigenvalue weighted by Gasteiger charge is 2.26. The lowest BCUT2D eigenvalue weighted by molar-refractivity contribution is -0.118. The summed E-state index contributed by atoms with van der Waals surface area (Å²) in [6.07, 6.45) is 4.77. The summed E-state index contributed by atoms with van der Waals surface area (Å²) in [6, 6.07) is 15.1. The van der Waals surface area contributed by atoms with Gasteiger partial charge >= 0.3 is 6.09 Å². The fourth-order valence-electron chi connectivity index (χ4n) is 4.45. The highest BCUT2D eigenvalue weighted by atomic mass is 35.5. The summed E-state index contributed by atoms with van der Waals surface area (Å²) in [4.78, 5) is 42.8. The normalized spacial score (nSPS) is 12.2. The molecule has 10 heteroatoms. The van der Waals surface area contributed by atoms with Crippen molar-refractivity contribution in [2.24, 2.45) is 0 Å². The Balaban J connectivity index is 1.60. The molecule has 1 atom stereocenters. The number of amides is 2. The fourth-order valence-corrected chi connectivity index (χ4v) is 4.65. The molecule has 42 heavy (non-hydrogen) atoms. The number of pyridine rings is 1. The third-order valence-electron chi connectivity index (χ3n) is 6.54. The number of benzene rings is 2. The van der Waals surface area contributed by atoms with Crippen LogP contribution in [0.3, 0.4) is 0 Å². The molecule has 0 spiro atoms. The lowest BCUT2D eigenvalue weighted by Crippen LogP contribution is -2.47. The molecule has 0 bridgehead atoms. The van der Waals surface area contributed by atoms with Gasteiger partial charge in [0.25, 0.3) is 5.56 Å². The predicted octanol–water partition coefficient (Wildman–Crippen LogP) is 6.32. The molecule has 1 unspecified atom stereocenters. The summed E-state index contributed by atoms with van der Waals surface area (Å²) >= 11 is 6.58. The number of halogens is 1. The number of nitrogens with zero attached hydrogens (tertiary/aromatic N) is 3. The van der Waals surface area contributed by atoms with Crippen molar-refractivity contribution in [2.45, 2.75) is 65.6 Å². The highest BCUT2D eigenvalue weighted by molar-refractivity contribution is 6.31. The number of carbonyl (C=O) groups is 2. The van der Waals surface area contributed by atoms with Crippen molar-refractivity contribution >= 4 is 29.3 Å². The van der Waals surface area contributed by atoms with E-state index >= 15 is 0 Å². The van der Waals surface area contributed by atoms with Gasteiger partial charge in [0.2, 0.25) is 5.91 Å². The number of nitrogens with one attached hydrogen (secondary N) is 2. The van der Waals surface area contributed by atoms with Crippen LogP contribution in [-0.2, 0) is 16.0 Å². The average Bonchev–Trinajstić information content (AvgIpc) is 3.34. The third-order valence-corrected chi connectivity index (χ3v) is 6.91. The Morgan fingerprint density at radius 1 is 1.02 bits per heavy atom. The zero-order valence-corrected chi connectivity index (χ0v) is 25.4. The molecule has 0 saturated carbocycles. The zero-order chi connectivity index (χ0) is 30.6. The van der Waals surface area contributed by atoms with E-state index in [9.17, 15) is 14.4 Å². The summed E-state index contributed by atoms with van der Waals surface area (Å²) in [5.41, 5.74) is 2.94. The van der Waals surface area contributed by atoms with E-state index in [1.807, 2.05) is 55.8 Å². The summed E-state index contributed by atoms with van der Waals surface area (Å²) in [7, 11) is 0. The van der Waals surface area contributed by atoms with E-state index in [2.05, 4.69) is 15.6 Å². The average molecular weight is 590 g/mol. The van der Waals surface area contributed by atoms with Crippen molar-refractivity contribution < 1.29 is 14.3 Å². The molecule has 0 fully saturated rings. The van der Waals surface area contributed by atoms with E-state index in [0.717, 1.165) is 22.6 Å². The monoisotopic (exact) mass is 589 g/mol. The Kier molecular flexibility index (Phi) is 9.21. The molecule has 2 N–H and O–H groups in total. The van der Waals surface area contributed by atoms with Crippen LogP contribution >= 0.6 is 11.6 Å². The number of imidazole rings is 1. The second kappa shape index (κ2) is 12.7. The summed E-state index contributed by atoms with van der Waals surface area (Å²) in [6.45, 7) is 11.0. The van der Waals surface area contributed by atoms with E-state index in [-0.39, 0.29) is 18.0 Å². The van der Waals surface area contributed by atoms with Crippen LogP contribution < -0.4 is 16.2 Å². The lowest BCUT2D eigenvalue weighted by atomic mass is 9.99. The van der Waals surface area contributed by atoms with Gasteiger partial charge in [-0.1, -0.05) is 17.7 Å². The van der Waals surface area contributed by atoms with Crippen LogP contribution in [0.5, 0.6) is 0 Å². The summed E-state index contributed by atoms with van der Waals surface area (Å²) in [5.74, 6) is 0.415. The molecular formula is C32H36ClN5O4. The standard InChI is InChI=1S/C32H36ClN5O4/c1-20(2)38-19-23(8-14-29(38)39)22-7-13-27(33)24(17-22)18-28(36-31(41)42-32(4,5)6)30(40)35-25-9-11-26(12-10-25)37-16-15-34-21(37)3/h7-17,19-20,28H,18H2,1-6H3,(H,35,40)(H,36,41). The second-order valence-electron chi connectivity index (χ2n) is 11.3. The van der Waals surface area contributed by atoms with Gasteiger partial charge < -0.3 is 24.5 Å². The molecule has 2 aromatic carbocycles. The van der Waals surface area contributed by atoms with E-state index in [1.54, 1.807) is 62.0 Å². The quantitative estimate of drug-likeness (QED) is 0.250. The van der Waals surface area contributed by atoms with Crippen molar-refractivity contribution in [1.82, 2.24) is 19.4 Å². The molecule has 0 radical (unpaired) electrons. The van der Waals surface area contributed by atoms with E-state index in [0.29, 0.717) is 16.3 Å². The largest absolute Gasteiger partial charge is 0.444 e. The van der Waals surface area contributed by atoms with Gasteiger partial charge in [0.05, 0.1) is 0 Å². The highest BCUT2D eigenvalue weighted by Crippen LogP contribution is 2.27. The molecule has 0 aliphatic heterocycles. The fraction of sp³-hybridized carbons (Fsp3) is 0.312. The number of hydrogen-bond donors (Lipinski definition) is 2. The number of aromatic nitrogens is 3. The Morgan fingerprint density at radius 2 is 1.71 bits per heavy atom. The molecule has 2 aromatic heterocycles. The van der Waals surface area contributed by atoms with Crippen LogP contribution in [0.1, 0.15) is 52.0 Å². The lowest BCUT2D eigenvalue weighted by Gasteiger charge is -2.24. The van der Waals surface area contributed by atoms with Crippen LogP contribution in [0, 0.1) is 6.92 Å². The maximum Gasteiger partial charge on any atom is 0.408 e. The van der Waals surface area contributed by atoms with Gasteiger partial charge in [-0.05, 0) is 101 Å². The molecule has 220 valence electrons. The van der Waals surface area contributed by atoms with Crippen molar-refractivity contribution in [3.8, 4) is 16.8 Å². The number of ether oxygens (including phenoxy) is 1. The predicted molar refractivity (Wildman–Crippen MR) is 165 cm³/mol. The number of rotatable bonds is 8. The minimum atomic E-state index is -0.993. The van der Waals surface area contributed by atoms with E-state index in [1.165, 1.54) is 6.07 Å². The molecule has 9 nitrogen and oxygen atoms in total. The van der Waals surface area contributed by atoms with Crippen molar-refractivity contribution in [3.63, 3.8) is 0 Å². The molecule has 4 aromatic rings. The molecule has 2 amide bonds. The number of alkyl carbamates (subject to hydrolysis) is 1. The minimum Gasteiger partial charge on any atom is -0.444 e. The van der Waals surface area contributed by atoms with Gasteiger partial charge in [-0.25, -0.2) is 9.78 Å². The molecular weight excluding hydrogens is 554 g/mol. The van der Waals surface area contributed by atoms with Gasteiger partial charge in [0.15, 0.2) is 0 Å².